The Bertz CT molecular complexity index is 888. The molecule has 3 rings (SSSR count). The second kappa shape index (κ2) is 6.90. The second-order valence-corrected chi connectivity index (χ2v) is 10.0. The van der Waals surface area contributed by atoms with Crippen molar-refractivity contribution in [3.05, 3.63) is 46.8 Å². The Kier molecular flexibility index (Phi) is 4.99. The Morgan fingerprint density at radius 1 is 1.28 bits per heavy atom. The first-order chi connectivity index (χ1) is 11.9. The van der Waals surface area contributed by atoms with E-state index in [1.807, 2.05) is 37.3 Å². The lowest BCUT2D eigenvalue weighted by molar-refractivity contribution is -0.130. The van der Waals surface area contributed by atoms with E-state index in [0.717, 1.165) is 22.4 Å². The molecule has 1 amide bonds. The molecule has 0 radical (unpaired) electrons. The van der Waals surface area contributed by atoms with Crippen molar-refractivity contribution in [1.82, 2.24) is 5.48 Å². The van der Waals surface area contributed by atoms with Crippen LogP contribution < -0.4 is 5.48 Å². The maximum atomic E-state index is 12.9. The number of carbonyl (C=O) groups is 1. The number of sulfone groups is 1. The molecule has 1 aromatic carbocycles. The first-order valence-electron chi connectivity index (χ1n) is 8.20. The maximum Gasteiger partial charge on any atom is 0.245 e. The molecule has 2 aromatic rings. The van der Waals surface area contributed by atoms with Crippen molar-refractivity contribution < 1.29 is 18.4 Å². The van der Waals surface area contributed by atoms with Crippen LogP contribution in [0.1, 0.15) is 36.1 Å². The molecule has 1 aliphatic rings. The number of nitrogens with one attached hydrogen (secondary N) is 1. The second-order valence-electron chi connectivity index (χ2n) is 6.52. The molecule has 5 nitrogen and oxygen atoms in total. The smallest absolute Gasteiger partial charge is 0.245 e. The fraction of sp³-hybridized carbons (Fsp3) is 0.389. The van der Waals surface area contributed by atoms with Crippen molar-refractivity contribution in [3.8, 4) is 10.4 Å². The van der Waals surface area contributed by atoms with Crippen molar-refractivity contribution in [2.24, 2.45) is 0 Å². The van der Waals surface area contributed by atoms with Crippen molar-refractivity contribution in [1.29, 1.82) is 0 Å². The van der Waals surface area contributed by atoms with Gasteiger partial charge in [0, 0.05) is 9.75 Å². The van der Waals surface area contributed by atoms with E-state index in [4.69, 9.17) is 5.21 Å². The summed E-state index contributed by atoms with van der Waals surface area (Å²) in [7, 11) is -3.48. The number of hydrogen-bond acceptors (Lipinski definition) is 5. The molecule has 0 spiro atoms. The van der Waals surface area contributed by atoms with Gasteiger partial charge in [-0.3, -0.25) is 10.0 Å². The zero-order valence-electron chi connectivity index (χ0n) is 14.0. The predicted octanol–water partition coefficient (Wildman–Crippen LogP) is 3.41. The van der Waals surface area contributed by atoms with Gasteiger partial charge in [-0.25, -0.2) is 13.9 Å². The number of rotatable bonds is 4. The average molecular weight is 380 g/mol. The minimum atomic E-state index is -3.48. The maximum absolute atomic E-state index is 12.9. The molecule has 1 aliphatic heterocycles. The summed E-state index contributed by atoms with van der Waals surface area (Å²) in [6.07, 6.45) is 1.51. The Labute approximate surface area is 151 Å². The Morgan fingerprint density at radius 3 is 2.76 bits per heavy atom. The van der Waals surface area contributed by atoms with Gasteiger partial charge in [-0.05, 0) is 37.5 Å². The largest absolute Gasteiger partial charge is 0.289 e. The van der Waals surface area contributed by atoms with E-state index >= 15 is 0 Å². The first-order valence-corrected chi connectivity index (χ1v) is 10.7. The van der Waals surface area contributed by atoms with Crippen molar-refractivity contribution in [3.63, 3.8) is 0 Å². The zero-order chi connectivity index (χ0) is 18.1. The van der Waals surface area contributed by atoms with Gasteiger partial charge >= 0.3 is 0 Å². The molecule has 1 fully saturated rings. The SMILES string of the molecule is Cc1cccc(-c2ccc([C@@]3(CC(=O)NO)CCCCS3(=O)=O)s2)c1. The van der Waals surface area contributed by atoms with Gasteiger partial charge < -0.3 is 0 Å². The highest BCUT2D eigenvalue weighted by Gasteiger charge is 2.49. The molecule has 25 heavy (non-hydrogen) atoms. The van der Waals surface area contributed by atoms with Gasteiger partial charge in [0.2, 0.25) is 5.91 Å². The number of thiophene rings is 1. The van der Waals surface area contributed by atoms with E-state index in [1.54, 1.807) is 5.48 Å². The summed E-state index contributed by atoms with van der Waals surface area (Å²) in [6, 6.07) is 11.8. The summed E-state index contributed by atoms with van der Waals surface area (Å²) in [5.74, 6) is -0.598. The average Bonchev–Trinajstić information content (AvgIpc) is 3.07. The lowest BCUT2D eigenvalue weighted by atomic mass is 9.94. The van der Waals surface area contributed by atoms with Crippen LogP contribution in [0.2, 0.25) is 0 Å². The van der Waals surface area contributed by atoms with E-state index in [0.29, 0.717) is 17.7 Å². The third kappa shape index (κ3) is 3.36. The van der Waals surface area contributed by atoms with Crippen LogP contribution in [0.4, 0.5) is 0 Å². The highest BCUT2D eigenvalue weighted by molar-refractivity contribution is 7.92. The highest BCUT2D eigenvalue weighted by Crippen LogP contribution is 2.47. The highest BCUT2D eigenvalue weighted by atomic mass is 32.2. The molecule has 134 valence electrons. The topological polar surface area (TPSA) is 83.5 Å². The molecule has 1 atom stereocenters. The van der Waals surface area contributed by atoms with Crippen molar-refractivity contribution >= 4 is 27.1 Å². The van der Waals surface area contributed by atoms with Gasteiger partial charge in [-0.2, -0.15) is 0 Å². The van der Waals surface area contributed by atoms with Gasteiger partial charge in [0.15, 0.2) is 9.84 Å². The van der Waals surface area contributed by atoms with Crippen LogP contribution in [0.5, 0.6) is 0 Å². The van der Waals surface area contributed by atoms with Crippen molar-refractivity contribution in [2.75, 3.05) is 5.75 Å². The molecule has 1 saturated heterocycles. The van der Waals surface area contributed by atoms with Crippen LogP contribution >= 0.6 is 11.3 Å². The molecular formula is C18H21NO4S2. The van der Waals surface area contributed by atoms with Gasteiger partial charge in [0.25, 0.3) is 0 Å². The fourth-order valence-electron chi connectivity index (χ4n) is 3.45. The zero-order valence-corrected chi connectivity index (χ0v) is 15.6. The predicted molar refractivity (Wildman–Crippen MR) is 98.4 cm³/mol. The standard InChI is InChI=1S/C18H21NO4S2/c1-13-5-4-6-14(11-13)15-7-8-16(24-15)18(12-17(20)19-21)9-2-3-10-25(18,22)23/h4-8,11,21H,2-3,9-10,12H2,1H3,(H,19,20)/t18-/m0/s1. The molecule has 0 bridgehead atoms. The molecule has 0 saturated carbocycles. The number of amides is 1. The van der Waals surface area contributed by atoms with Gasteiger partial charge in [-0.1, -0.05) is 36.2 Å². The first kappa shape index (κ1) is 18.1. The molecule has 2 heterocycles. The minimum absolute atomic E-state index is 0.0728. The van der Waals surface area contributed by atoms with E-state index in [2.05, 4.69) is 6.07 Å². The number of hydrogen-bond donors (Lipinski definition) is 2. The molecule has 0 unspecified atom stereocenters. The van der Waals surface area contributed by atoms with Gasteiger partial charge in [0.05, 0.1) is 12.2 Å². The lowest BCUT2D eigenvalue weighted by Gasteiger charge is -2.35. The van der Waals surface area contributed by atoms with Gasteiger partial charge in [-0.15, -0.1) is 11.3 Å². The number of hydroxylamine groups is 1. The van der Waals surface area contributed by atoms with Crippen LogP contribution in [0.3, 0.4) is 0 Å². The van der Waals surface area contributed by atoms with Gasteiger partial charge in [0.1, 0.15) is 4.75 Å². The summed E-state index contributed by atoms with van der Waals surface area (Å²) in [6.45, 7) is 2.01. The van der Waals surface area contributed by atoms with E-state index in [-0.39, 0.29) is 12.2 Å². The third-order valence-corrected chi connectivity index (χ3v) is 8.82. The molecule has 7 heteroatoms. The lowest BCUT2D eigenvalue weighted by Crippen LogP contribution is -2.43. The summed E-state index contributed by atoms with van der Waals surface area (Å²) in [5.41, 5.74) is 3.76. The van der Waals surface area contributed by atoms with E-state index < -0.39 is 20.5 Å². The number of carbonyl (C=O) groups excluding carboxylic acids is 1. The molecular weight excluding hydrogens is 358 g/mol. The molecule has 2 N–H and O–H groups in total. The quantitative estimate of drug-likeness (QED) is 0.630. The summed E-state index contributed by atoms with van der Waals surface area (Å²) in [5, 5.41) is 8.92. The Balaban J connectivity index is 2.07. The normalized spacial score (nSPS) is 22.5. The molecule has 0 aliphatic carbocycles. The van der Waals surface area contributed by atoms with Crippen LogP contribution in [-0.2, 0) is 19.4 Å². The Morgan fingerprint density at radius 2 is 2.08 bits per heavy atom. The Hall–Kier alpha value is -1.70. The number of benzene rings is 1. The van der Waals surface area contributed by atoms with E-state index in [9.17, 15) is 13.2 Å². The minimum Gasteiger partial charge on any atom is -0.289 e. The van der Waals surface area contributed by atoms with Crippen LogP contribution in [0.15, 0.2) is 36.4 Å². The monoisotopic (exact) mass is 379 g/mol. The fourth-order valence-corrected chi connectivity index (χ4v) is 7.23. The molecule has 1 aromatic heterocycles. The van der Waals surface area contributed by atoms with Crippen LogP contribution in [-0.4, -0.2) is 25.3 Å². The summed E-state index contributed by atoms with van der Waals surface area (Å²) < 4.78 is 24.6. The number of aryl methyl sites for hydroxylation is 1. The van der Waals surface area contributed by atoms with E-state index in [1.165, 1.54) is 11.3 Å². The van der Waals surface area contributed by atoms with Crippen molar-refractivity contribution in [2.45, 2.75) is 37.4 Å². The third-order valence-electron chi connectivity index (χ3n) is 4.77. The summed E-state index contributed by atoms with van der Waals surface area (Å²) >= 11 is 1.41. The van der Waals surface area contributed by atoms with Crippen LogP contribution in [0.25, 0.3) is 10.4 Å². The summed E-state index contributed by atoms with van der Waals surface area (Å²) in [4.78, 5) is 13.5. The van der Waals surface area contributed by atoms with Crippen LogP contribution in [0, 0.1) is 6.92 Å².